The number of methoxy groups -OCH3 is 2. The quantitative estimate of drug-likeness (QED) is 0.695. The summed E-state index contributed by atoms with van der Waals surface area (Å²) in [6.07, 6.45) is 1.37. The molecule has 0 fully saturated rings. The lowest BCUT2D eigenvalue weighted by atomic mass is 10.0. The van der Waals surface area contributed by atoms with Gasteiger partial charge < -0.3 is 24.3 Å². The highest BCUT2D eigenvalue weighted by Crippen LogP contribution is 2.37. The molecule has 0 amide bonds. The van der Waals surface area contributed by atoms with Crippen LogP contribution < -0.4 is 14.8 Å². The van der Waals surface area contributed by atoms with Crippen LogP contribution in [-0.4, -0.2) is 31.4 Å². The predicted octanol–water partition coefficient (Wildman–Crippen LogP) is 3.77. The smallest absolute Gasteiger partial charge is 0.182 e. The average molecular weight is 326 g/mol. The number of nitrogens with zero attached hydrogens (tertiary/aromatic N) is 1. The Bertz CT molecular complexity index is 836. The van der Waals surface area contributed by atoms with E-state index in [2.05, 4.69) is 10.3 Å². The van der Waals surface area contributed by atoms with Crippen LogP contribution in [0.3, 0.4) is 0 Å². The van der Waals surface area contributed by atoms with Crippen molar-refractivity contribution in [2.24, 2.45) is 0 Å². The van der Waals surface area contributed by atoms with Crippen molar-refractivity contribution >= 4 is 5.69 Å². The normalized spacial score (nSPS) is 10.5. The molecule has 0 atom stereocenters. The van der Waals surface area contributed by atoms with Gasteiger partial charge in [-0.05, 0) is 30.3 Å². The number of phenols is 1. The van der Waals surface area contributed by atoms with E-state index in [1.54, 1.807) is 39.5 Å². The van der Waals surface area contributed by atoms with Crippen molar-refractivity contribution in [1.82, 2.24) is 4.98 Å². The molecule has 124 valence electrons. The van der Waals surface area contributed by atoms with Gasteiger partial charge in [-0.2, -0.15) is 0 Å². The second kappa shape index (κ2) is 6.54. The summed E-state index contributed by atoms with van der Waals surface area (Å²) in [4.78, 5) is 4.31. The second-order valence-electron chi connectivity index (χ2n) is 5.11. The van der Waals surface area contributed by atoms with Gasteiger partial charge in [-0.15, -0.1) is 0 Å². The van der Waals surface area contributed by atoms with Crippen molar-refractivity contribution in [3.8, 4) is 39.8 Å². The van der Waals surface area contributed by atoms with E-state index in [1.165, 1.54) is 6.39 Å². The Morgan fingerprint density at radius 3 is 2.29 bits per heavy atom. The number of phenolic OH excluding ortho intramolecular Hbond substituents is 1. The Morgan fingerprint density at radius 1 is 1.00 bits per heavy atom. The predicted molar refractivity (Wildman–Crippen MR) is 91.7 cm³/mol. The molecule has 0 aliphatic heterocycles. The zero-order chi connectivity index (χ0) is 17.1. The van der Waals surface area contributed by atoms with Gasteiger partial charge in [0.1, 0.15) is 22.9 Å². The van der Waals surface area contributed by atoms with Crippen molar-refractivity contribution in [3.05, 3.63) is 42.8 Å². The molecule has 0 spiro atoms. The zero-order valence-corrected chi connectivity index (χ0v) is 13.7. The standard InChI is InChI=1S/C18H18N2O4/c1-19-15-5-4-11(8-16(15)21)18-17(20-10-24-18)12-6-13(22-2)9-14(7-12)23-3/h4-10,19,21H,1-3H3. The Hall–Kier alpha value is -3.15. The Kier molecular flexibility index (Phi) is 4.29. The summed E-state index contributed by atoms with van der Waals surface area (Å²) in [6.45, 7) is 0. The Morgan fingerprint density at radius 2 is 1.71 bits per heavy atom. The maximum atomic E-state index is 10.1. The van der Waals surface area contributed by atoms with Gasteiger partial charge in [-0.3, -0.25) is 0 Å². The molecule has 0 saturated heterocycles. The van der Waals surface area contributed by atoms with Gasteiger partial charge in [0.15, 0.2) is 12.2 Å². The summed E-state index contributed by atoms with van der Waals surface area (Å²) >= 11 is 0. The van der Waals surface area contributed by atoms with E-state index in [4.69, 9.17) is 13.9 Å². The fraction of sp³-hybridized carbons (Fsp3) is 0.167. The van der Waals surface area contributed by atoms with Gasteiger partial charge >= 0.3 is 0 Å². The summed E-state index contributed by atoms with van der Waals surface area (Å²) in [7, 11) is 4.94. The van der Waals surface area contributed by atoms with Crippen LogP contribution in [0, 0.1) is 0 Å². The third-order valence-electron chi connectivity index (χ3n) is 3.72. The van der Waals surface area contributed by atoms with Crippen LogP contribution in [0.5, 0.6) is 17.2 Å². The van der Waals surface area contributed by atoms with Crippen molar-refractivity contribution in [2.75, 3.05) is 26.6 Å². The number of hydrogen-bond donors (Lipinski definition) is 2. The number of aromatic nitrogens is 1. The Labute approximate surface area is 139 Å². The molecular formula is C18H18N2O4. The van der Waals surface area contributed by atoms with Gasteiger partial charge in [-0.25, -0.2) is 4.98 Å². The zero-order valence-electron chi connectivity index (χ0n) is 13.7. The molecule has 2 N–H and O–H groups in total. The van der Waals surface area contributed by atoms with Crippen LogP contribution in [0.15, 0.2) is 47.2 Å². The number of ether oxygens (including phenoxy) is 2. The first-order chi connectivity index (χ1) is 11.7. The number of anilines is 1. The molecule has 2 aromatic carbocycles. The SMILES string of the molecule is CNc1ccc(-c2ocnc2-c2cc(OC)cc(OC)c2)cc1O. The molecule has 1 heterocycles. The molecule has 0 aliphatic rings. The van der Waals surface area contributed by atoms with E-state index in [0.29, 0.717) is 28.6 Å². The molecule has 3 rings (SSSR count). The van der Waals surface area contributed by atoms with Gasteiger partial charge in [0, 0.05) is 24.2 Å². The maximum absolute atomic E-state index is 10.1. The highest BCUT2D eigenvalue weighted by Gasteiger charge is 2.16. The highest BCUT2D eigenvalue weighted by molar-refractivity contribution is 5.80. The van der Waals surface area contributed by atoms with Gasteiger partial charge in [0.2, 0.25) is 0 Å². The van der Waals surface area contributed by atoms with Crippen molar-refractivity contribution in [3.63, 3.8) is 0 Å². The van der Waals surface area contributed by atoms with Crippen LogP contribution in [0.2, 0.25) is 0 Å². The average Bonchev–Trinajstić information content (AvgIpc) is 3.10. The lowest BCUT2D eigenvalue weighted by molar-refractivity contribution is 0.394. The molecular weight excluding hydrogens is 308 g/mol. The molecule has 0 saturated carbocycles. The molecule has 0 aliphatic carbocycles. The van der Waals surface area contributed by atoms with E-state index in [1.807, 2.05) is 18.2 Å². The highest BCUT2D eigenvalue weighted by atomic mass is 16.5. The third kappa shape index (κ3) is 2.86. The van der Waals surface area contributed by atoms with Crippen molar-refractivity contribution in [2.45, 2.75) is 0 Å². The minimum Gasteiger partial charge on any atom is -0.506 e. The minimum absolute atomic E-state index is 0.139. The number of nitrogens with one attached hydrogen (secondary N) is 1. The second-order valence-corrected chi connectivity index (χ2v) is 5.11. The summed E-state index contributed by atoms with van der Waals surface area (Å²) in [5, 5.41) is 13.0. The number of oxazole rings is 1. The molecule has 24 heavy (non-hydrogen) atoms. The summed E-state index contributed by atoms with van der Waals surface area (Å²) in [6, 6.07) is 10.8. The first-order valence-corrected chi connectivity index (χ1v) is 7.34. The first kappa shape index (κ1) is 15.7. The molecule has 0 unspecified atom stereocenters. The lowest BCUT2D eigenvalue weighted by Crippen LogP contribution is -1.91. The third-order valence-corrected chi connectivity index (χ3v) is 3.72. The van der Waals surface area contributed by atoms with E-state index in [9.17, 15) is 5.11 Å². The molecule has 6 heteroatoms. The van der Waals surface area contributed by atoms with Crippen LogP contribution in [0.1, 0.15) is 0 Å². The van der Waals surface area contributed by atoms with Gasteiger partial charge in [0.05, 0.1) is 19.9 Å². The summed E-state index contributed by atoms with van der Waals surface area (Å²) in [5.74, 6) is 2.02. The minimum atomic E-state index is 0.139. The molecule has 6 nitrogen and oxygen atoms in total. The van der Waals surface area contributed by atoms with Crippen LogP contribution in [0.4, 0.5) is 5.69 Å². The maximum Gasteiger partial charge on any atom is 0.182 e. The number of benzene rings is 2. The van der Waals surface area contributed by atoms with Gasteiger partial charge in [0.25, 0.3) is 0 Å². The Balaban J connectivity index is 2.10. The van der Waals surface area contributed by atoms with Crippen molar-refractivity contribution in [1.29, 1.82) is 0 Å². The van der Waals surface area contributed by atoms with Crippen LogP contribution in [-0.2, 0) is 0 Å². The summed E-state index contributed by atoms with van der Waals surface area (Å²) in [5.41, 5.74) is 2.81. The van der Waals surface area contributed by atoms with Crippen LogP contribution in [0.25, 0.3) is 22.6 Å². The van der Waals surface area contributed by atoms with E-state index in [0.717, 1.165) is 11.1 Å². The molecule has 0 radical (unpaired) electrons. The topological polar surface area (TPSA) is 76.8 Å². The van der Waals surface area contributed by atoms with Crippen molar-refractivity contribution < 1.29 is 19.0 Å². The molecule has 3 aromatic rings. The van der Waals surface area contributed by atoms with Gasteiger partial charge in [-0.1, -0.05) is 0 Å². The number of hydrogen-bond acceptors (Lipinski definition) is 6. The molecule has 0 bridgehead atoms. The first-order valence-electron chi connectivity index (χ1n) is 7.34. The monoisotopic (exact) mass is 326 g/mol. The molecule has 1 aromatic heterocycles. The number of aromatic hydroxyl groups is 1. The summed E-state index contributed by atoms with van der Waals surface area (Å²) < 4.78 is 16.2. The largest absolute Gasteiger partial charge is 0.506 e. The lowest BCUT2D eigenvalue weighted by Gasteiger charge is -2.09. The van der Waals surface area contributed by atoms with E-state index < -0.39 is 0 Å². The fourth-order valence-electron chi connectivity index (χ4n) is 2.49. The van der Waals surface area contributed by atoms with Crippen LogP contribution >= 0.6 is 0 Å². The van der Waals surface area contributed by atoms with E-state index in [-0.39, 0.29) is 5.75 Å². The number of rotatable bonds is 5. The fourth-order valence-corrected chi connectivity index (χ4v) is 2.49. The van der Waals surface area contributed by atoms with E-state index >= 15 is 0 Å².